The van der Waals surface area contributed by atoms with Crippen LogP contribution in [0.15, 0.2) is 54.2 Å². The second-order valence-corrected chi connectivity index (χ2v) is 6.43. The number of nitrogens with one attached hydrogen (secondary N) is 1. The SMILES string of the molecule is CCn1cc(C=C(C#N)C(=O)NCc2ccc3c(c2)OCO3)c2ccccc21. The molecule has 0 saturated heterocycles. The first-order valence-corrected chi connectivity index (χ1v) is 9.06. The number of carbonyl (C=O) groups is 1. The van der Waals surface area contributed by atoms with E-state index in [1.54, 1.807) is 6.08 Å². The number of carbonyl (C=O) groups excluding carboxylic acids is 1. The summed E-state index contributed by atoms with van der Waals surface area (Å²) >= 11 is 0. The summed E-state index contributed by atoms with van der Waals surface area (Å²) in [5.74, 6) is 0.948. The molecule has 0 atom stereocenters. The van der Waals surface area contributed by atoms with Crippen molar-refractivity contribution in [3.8, 4) is 17.6 Å². The van der Waals surface area contributed by atoms with Gasteiger partial charge in [0.15, 0.2) is 11.5 Å². The molecule has 0 radical (unpaired) electrons. The predicted molar refractivity (Wildman–Crippen MR) is 106 cm³/mol. The summed E-state index contributed by atoms with van der Waals surface area (Å²) in [7, 11) is 0. The van der Waals surface area contributed by atoms with Crippen molar-refractivity contribution in [1.82, 2.24) is 9.88 Å². The molecular weight excluding hydrogens is 354 g/mol. The molecule has 0 fully saturated rings. The van der Waals surface area contributed by atoms with Crippen molar-refractivity contribution in [3.05, 3.63) is 65.4 Å². The lowest BCUT2D eigenvalue weighted by Gasteiger charge is -2.05. The van der Waals surface area contributed by atoms with Crippen LogP contribution in [0.2, 0.25) is 0 Å². The van der Waals surface area contributed by atoms with E-state index >= 15 is 0 Å². The van der Waals surface area contributed by atoms with Gasteiger partial charge in [0.2, 0.25) is 6.79 Å². The van der Waals surface area contributed by atoms with Gasteiger partial charge >= 0.3 is 0 Å². The zero-order valence-corrected chi connectivity index (χ0v) is 15.4. The van der Waals surface area contributed by atoms with E-state index in [0.29, 0.717) is 18.0 Å². The van der Waals surface area contributed by atoms with Gasteiger partial charge in [-0.3, -0.25) is 4.79 Å². The van der Waals surface area contributed by atoms with Crippen molar-refractivity contribution in [2.45, 2.75) is 20.0 Å². The van der Waals surface area contributed by atoms with Gasteiger partial charge in [0.25, 0.3) is 5.91 Å². The Kier molecular flexibility index (Phi) is 4.73. The molecule has 1 amide bonds. The van der Waals surface area contributed by atoms with Crippen molar-refractivity contribution >= 4 is 22.9 Å². The number of nitrogens with zero attached hydrogens (tertiary/aromatic N) is 2. The van der Waals surface area contributed by atoms with Crippen molar-refractivity contribution in [2.24, 2.45) is 0 Å². The summed E-state index contributed by atoms with van der Waals surface area (Å²) in [6.45, 7) is 3.37. The number of benzene rings is 2. The Morgan fingerprint density at radius 1 is 1.25 bits per heavy atom. The maximum atomic E-state index is 12.5. The van der Waals surface area contributed by atoms with E-state index in [4.69, 9.17) is 9.47 Å². The number of fused-ring (bicyclic) bond motifs is 2. The number of amides is 1. The maximum Gasteiger partial charge on any atom is 0.262 e. The number of rotatable bonds is 5. The Labute approximate surface area is 162 Å². The lowest BCUT2D eigenvalue weighted by Crippen LogP contribution is -2.23. The van der Waals surface area contributed by atoms with E-state index in [2.05, 4.69) is 16.8 Å². The number of nitriles is 1. The van der Waals surface area contributed by atoms with Gasteiger partial charge in [-0.25, -0.2) is 0 Å². The molecule has 140 valence electrons. The largest absolute Gasteiger partial charge is 0.454 e. The second-order valence-electron chi connectivity index (χ2n) is 6.43. The third kappa shape index (κ3) is 3.30. The fourth-order valence-electron chi connectivity index (χ4n) is 3.28. The van der Waals surface area contributed by atoms with E-state index in [9.17, 15) is 10.1 Å². The number of para-hydroxylation sites is 1. The Hall–Kier alpha value is -3.72. The molecule has 0 unspecified atom stereocenters. The summed E-state index contributed by atoms with van der Waals surface area (Å²) in [5, 5.41) is 13.3. The number of aromatic nitrogens is 1. The van der Waals surface area contributed by atoms with Crippen molar-refractivity contribution in [1.29, 1.82) is 5.26 Å². The Morgan fingerprint density at radius 2 is 2.07 bits per heavy atom. The van der Waals surface area contributed by atoms with Crippen LogP contribution in [-0.4, -0.2) is 17.3 Å². The number of aryl methyl sites for hydroxylation is 1. The average molecular weight is 373 g/mol. The summed E-state index contributed by atoms with van der Waals surface area (Å²) in [4.78, 5) is 12.5. The van der Waals surface area contributed by atoms with Crippen LogP contribution in [0.4, 0.5) is 0 Å². The van der Waals surface area contributed by atoms with Crippen molar-refractivity contribution in [2.75, 3.05) is 6.79 Å². The molecule has 3 aromatic rings. The lowest BCUT2D eigenvalue weighted by atomic mass is 10.1. The smallest absolute Gasteiger partial charge is 0.262 e. The summed E-state index contributed by atoms with van der Waals surface area (Å²) in [5.41, 5.74) is 2.87. The third-order valence-corrected chi connectivity index (χ3v) is 4.72. The van der Waals surface area contributed by atoms with Crippen molar-refractivity contribution < 1.29 is 14.3 Å². The average Bonchev–Trinajstić information content (AvgIpc) is 3.34. The molecule has 2 heterocycles. The van der Waals surface area contributed by atoms with Crippen LogP contribution in [0.3, 0.4) is 0 Å². The third-order valence-electron chi connectivity index (χ3n) is 4.72. The zero-order valence-electron chi connectivity index (χ0n) is 15.4. The Morgan fingerprint density at radius 3 is 2.89 bits per heavy atom. The van der Waals surface area contributed by atoms with Crippen LogP contribution < -0.4 is 14.8 Å². The summed E-state index contributed by atoms with van der Waals surface area (Å²) in [6, 6.07) is 15.5. The van der Waals surface area contributed by atoms with Crippen LogP contribution in [0.5, 0.6) is 11.5 Å². The van der Waals surface area contributed by atoms with Gasteiger partial charge in [0.1, 0.15) is 11.6 Å². The van der Waals surface area contributed by atoms with E-state index < -0.39 is 5.91 Å². The van der Waals surface area contributed by atoms with Gasteiger partial charge < -0.3 is 19.4 Å². The monoisotopic (exact) mass is 373 g/mol. The molecule has 2 aromatic carbocycles. The van der Waals surface area contributed by atoms with Gasteiger partial charge in [-0.1, -0.05) is 24.3 Å². The van der Waals surface area contributed by atoms with Gasteiger partial charge in [-0.15, -0.1) is 0 Å². The standard InChI is InChI=1S/C22H19N3O3/c1-2-25-13-17(18-5-3-4-6-19(18)25)10-16(11-23)22(26)24-12-15-7-8-20-21(9-15)28-14-27-20/h3-10,13H,2,12,14H2,1H3,(H,24,26). The fraction of sp³-hybridized carbons (Fsp3) is 0.182. The van der Waals surface area contributed by atoms with Gasteiger partial charge in [0, 0.05) is 35.8 Å². The molecule has 0 aliphatic carbocycles. The van der Waals surface area contributed by atoms with E-state index in [1.165, 1.54) is 0 Å². The van der Waals surface area contributed by atoms with Crippen LogP contribution in [0.25, 0.3) is 17.0 Å². The minimum absolute atomic E-state index is 0.0692. The zero-order chi connectivity index (χ0) is 19.5. The molecule has 4 rings (SSSR count). The molecular formula is C22H19N3O3. The molecule has 28 heavy (non-hydrogen) atoms. The highest BCUT2D eigenvalue weighted by molar-refractivity contribution is 6.04. The van der Waals surface area contributed by atoms with E-state index in [0.717, 1.165) is 28.6 Å². The number of hydrogen-bond acceptors (Lipinski definition) is 4. The first-order chi connectivity index (χ1) is 13.7. The highest BCUT2D eigenvalue weighted by Crippen LogP contribution is 2.32. The van der Waals surface area contributed by atoms with Crippen LogP contribution >= 0.6 is 0 Å². The number of hydrogen-bond donors (Lipinski definition) is 1. The molecule has 1 aromatic heterocycles. The lowest BCUT2D eigenvalue weighted by molar-refractivity contribution is -0.117. The van der Waals surface area contributed by atoms with Crippen molar-refractivity contribution in [3.63, 3.8) is 0 Å². The van der Waals surface area contributed by atoms with Gasteiger partial charge in [0.05, 0.1) is 0 Å². The Bertz CT molecular complexity index is 1120. The van der Waals surface area contributed by atoms with E-state index in [1.807, 2.05) is 54.7 Å². The molecule has 0 bridgehead atoms. The Balaban J connectivity index is 1.54. The normalized spacial score (nSPS) is 12.8. The van der Waals surface area contributed by atoms with Gasteiger partial charge in [-0.05, 0) is 36.8 Å². The fourth-order valence-corrected chi connectivity index (χ4v) is 3.28. The molecule has 1 aliphatic rings. The molecule has 0 spiro atoms. The molecule has 1 aliphatic heterocycles. The maximum absolute atomic E-state index is 12.5. The predicted octanol–water partition coefficient (Wildman–Crippen LogP) is 3.61. The molecule has 1 N–H and O–H groups in total. The van der Waals surface area contributed by atoms with Crippen LogP contribution in [0.1, 0.15) is 18.1 Å². The topological polar surface area (TPSA) is 76.3 Å². The quantitative estimate of drug-likeness (QED) is 0.547. The molecule has 0 saturated carbocycles. The summed E-state index contributed by atoms with van der Waals surface area (Å²) in [6.07, 6.45) is 3.61. The highest BCUT2D eigenvalue weighted by Gasteiger charge is 2.15. The minimum Gasteiger partial charge on any atom is -0.454 e. The highest BCUT2D eigenvalue weighted by atomic mass is 16.7. The minimum atomic E-state index is -0.409. The molecule has 6 nitrogen and oxygen atoms in total. The summed E-state index contributed by atoms with van der Waals surface area (Å²) < 4.78 is 12.7. The molecule has 6 heteroatoms. The van der Waals surface area contributed by atoms with Crippen LogP contribution in [-0.2, 0) is 17.9 Å². The number of ether oxygens (including phenoxy) is 2. The second kappa shape index (κ2) is 7.49. The first-order valence-electron chi connectivity index (χ1n) is 9.06. The first kappa shape index (κ1) is 17.7. The van der Waals surface area contributed by atoms with Crippen LogP contribution in [0, 0.1) is 11.3 Å². The van der Waals surface area contributed by atoms with Gasteiger partial charge in [-0.2, -0.15) is 5.26 Å². The van der Waals surface area contributed by atoms with E-state index in [-0.39, 0.29) is 12.4 Å².